The summed E-state index contributed by atoms with van der Waals surface area (Å²) < 4.78 is 32.7. The molecule has 2 aromatic carbocycles. The van der Waals surface area contributed by atoms with Crippen LogP contribution in [0.25, 0.3) is 11.6 Å². The molecule has 0 heterocycles. The molecule has 130 valence electrons. The quantitative estimate of drug-likeness (QED) is 0.306. The van der Waals surface area contributed by atoms with Crippen LogP contribution in [0.3, 0.4) is 0 Å². The molecule has 0 aliphatic rings. The Morgan fingerprint density at radius 2 is 1.80 bits per heavy atom. The summed E-state index contributed by atoms with van der Waals surface area (Å²) in [5.41, 5.74) is 1.46. The summed E-state index contributed by atoms with van der Waals surface area (Å²) in [5.74, 6) is -1.03. The maximum Gasteiger partial charge on any atom is 0.216 e. The van der Waals surface area contributed by atoms with Crippen LogP contribution in [0.2, 0.25) is 5.02 Å². The van der Waals surface area contributed by atoms with E-state index < -0.39 is 11.6 Å². The van der Waals surface area contributed by atoms with Gasteiger partial charge in [-0.25, -0.2) is 8.78 Å². The highest BCUT2D eigenvalue weighted by molar-refractivity contribution is 6.30. The highest BCUT2D eigenvalue weighted by Crippen LogP contribution is 2.24. The fourth-order valence-corrected chi connectivity index (χ4v) is 2.22. The molecular formula is C20H18ClF2NO. The van der Waals surface area contributed by atoms with Gasteiger partial charge >= 0.3 is 0 Å². The summed E-state index contributed by atoms with van der Waals surface area (Å²) in [6, 6.07) is 10.5. The summed E-state index contributed by atoms with van der Waals surface area (Å²) in [5, 5.41) is 0.603. The maximum absolute atomic E-state index is 14.2. The molecule has 2 nitrogen and oxygen atoms in total. The van der Waals surface area contributed by atoms with Crippen molar-refractivity contribution in [3.63, 3.8) is 0 Å². The summed E-state index contributed by atoms with van der Waals surface area (Å²) in [4.78, 5) is 4.24. The van der Waals surface area contributed by atoms with Gasteiger partial charge in [0.1, 0.15) is 11.6 Å². The van der Waals surface area contributed by atoms with Gasteiger partial charge in [-0.05, 0) is 42.8 Å². The lowest BCUT2D eigenvalue weighted by atomic mass is 10.0. The molecule has 0 aliphatic heterocycles. The fourth-order valence-electron chi connectivity index (χ4n) is 2.09. The van der Waals surface area contributed by atoms with Crippen molar-refractivity contribution in [3.8, 4) is 12.8 Å². The van der Waals surface area contributed by atoms with Crippen molar-refractivity contribution < 1.29 is 13.5 Å². The number of terminal acetylenes is 1. The number of rotatable bonds is 4. The largest absolute Gasteiger partial charge is 0.481 e. The lowest BCUT2D eigenvalue weighted by Gasteiger charge is -2.12. The first-order valence-electron chi connectivity index (χ1n) is 7.40. The number of methoxy groups -OCH3 is 1. The first-order valence-corrected chi connectivity index (χ1v) is 7.77. The van der Waals surface area contributed by atoms with Crippen molar-refractivity contribution in [1.82, 2.24) is 0 Å². The SMILES string of the molecule is C#C.CCN=C(OC)/C(=C/c1ccc(Cl)cc1)c1ccc(F)cc1F. The van der Waals surface area contributed by atoms with Crippen molar-refractivity contribution in [2.45, 2.75) is 6.92 Å². The van der Waals surface area contributed by atoms with Gasteiger partial charge in [0.05, 0.1) is 7.11 Å². The third-order valence-corrected chi connectivity index (χ3v) is 3.38. The Hall–Kier alpha value is -2.64. The van der Waals surface area contributed by atoms with E-state index in [-0.39, 0.29) is 11.5 Å². The van der Waals surface area contributed by atoms with Gasteiger partial charge in [-0.2, -0.15) is 0 Å². The van der Waals surface area contributed by atoms with Gasteiger partial charge in [0.15, 0.2) is 0 Å². The molecule has 0 aromatic heterocycles. The van der Waals surface area contributed by atoms with Crippen molar-refractivity contribution in [2.75, 3.05) is 13.7 Å². The van der Waals surface area contributed by atoms with E-state index in [4.69, 9.17) is 16.3 Å². The van der Waals surface area contributed by atoms with E-state index in [1.807, 2.05) is 6.92 Å². The molecule has 0 saturated heterocycles. The van der Waals surface area contributed by atoms with E-state index in [1.165, 1.54) is 19.2 Å². The van der Waals surface area contributed by atoms with Crippen LogP contribution < -0.4 is 0 Å². The van der Waals surface area contributed by atoms with Gasteiger partial charge in [-0.1, -0.05) is 23.7 Å². The van der Waals surface area contributed by atoms with Crippen LogP contribution in [-0.2, 0) is 4.74 Å². The number of nitrogens with zero attached hydrogens (tertiary/aromatic N) is 1. The fraction of sp³-hybridized carbons (Fsp3) is 0.150. The predicted octanol–water partition coefficient (Wildman–Crippen LogP) is 5.47. The van der Waals surface area contributed by atoms with Crippen LogP contribution in [0, 0.1) is 24.5 Å². The molecule has 2 rings (SSSR count). The molecule has 0 amide bonds. The van der Waals surface area contributed by atoms with Crippen LogP contribution in [0.5, 0.6) is 0 Å². The third-order valence-electron chi connectivity index (χ3n) is 3.13. The summed E-state index contributed by atoms with van der Waals surface area (Å²) in [7, 11) is 1.46. The first-order chi connectivity index (χ1) is 12.0. The lowest BCUT2D eigenvalue weighted by molar-refractivity contribution is 0.407. The number of ether oxygens (including phenoxy) is 1. The average molecular weight is 362 g/mol. The van der Waals surface area contributed by atoms with E-state index in [2.05, 4.69) is 17.8 Å². The van der Waals surface area contributed by atoms with Crippen molar-refractivity contribution in [1.29, 1.82) is 0 Å². The average Bonchev–Trinajstić information content (AvgIpc) is 2.62. The van der Waals surface area contributed by atoms with Crippen molar-refractivity contribution >= 4 is 29.1 Å². The van der Waals surface area contributed by atoms with Crippen molar-refractivity contribution in [3.05, 3.63) is 70.2 Å². The highest BCUT2D eigenvalue weighted by Gasteiger charge is 2.15. The van der Waals surface area contributed by atoms with Gasteiger partial charge in [0, 0.05) is 28.8 Å². The monoisotopic (exact) mass is 361 g/mol. The van der Waals surface area contributed by atoms with E-state index in [9.17, 15) is 8.78 Å². The predicted molar refractivity (Wildman–Crippen MR) is 101 cm³/mol. The lowest BCUT2D eigenvalue weighted by Crippen LogP contribution is -2.07. The maximum atomic E-state index is 14.2. The van der Waals surface area contributed by atoms with E-state index >= 15 is 0 Å². The summed E-state index contributed by atoms with van der Waals surface area (Å²) in [6.07, 6.45) is 9.73. The minimum absolute atomic E-state index is 0.218. The molecule has 0 aliphatic carbocycles. The second-order valence-corrected chi connectivity index (χ2v) is 5.15. The van der Waals surface area contributed by atoms with E-state index in [0.717, 1.165) is 11.6 Å². The summed E-state index contributed by atoms with van der Waals surface area (Å²) >= 11 is 5.88. The molecule has 2 aromatic rings. The van der Waals surface area contributed by atoms with Crippen LogP contribution >= 0.6 is 11.6 Å². The van der Waals surface area contributed by atoms with Crippen LogP contribution in [0.1, 0.15) is 18.1 Å². The molecule has 0 N–H and O–H groups in total. The number of hydrogen-bond acceptors (Lipinski definition) is 2. The highest BCUT2D eigenvalue weighted by atomic mass is 35.5. The molecule has 0 saturated carbocycles. The van der Waals surface area contributed by atoms with E-state index in [1.54, 1.807) is 30.3 Å². The molecule has 0 bridgehead atoms. The smallest absolute Gasteiger partial charge is 0.216 e. The Balaban J connectivity index is 0.00000151. The molecule has 0 atom stereocenters. The minimum Gasteiger partial charge on any atom is -0.481 e. The molecule has 25 heavy (non-hydrogen) atoms. The number of benzene rings is 2. The standard InChI is InChI=1S/C18H16ClF2NO.C2H2/c1-3-22-18(23-2)16(10-12-4-6-13(19)7-5-12)15-9-8-14(20)11-17(15)21;1-2/h4-11H,3H2,1-2H3;1-2H/b16-10+,22-18?;. The third kappa shape index (κ3) is 5.74. The molecule has 5 heteroatoms. The Kier molecular flexibility index (Phi) is 8.38. The van der Waals surface area contributed by atoms with Gasteiger partial charge < -0.3 is 4.74 Å². The zero-order valence-electron chi connectivity index (χ0n) is 14.0. The first kappa shape index (κ1) is 20.4. The van der Waals surface area contributed by atoms with Gasteiger partial charge in [0.2, 0.25) is 5.90 Å². The molecule has 0 unspecified atom stereocenters. The Bertz CT molecular complexity index is 780. The topological polar surface area (TPSA) is 21.6 Å². The molecular weight excluding hydrogens is 344 g/mol. The Labute approximate surface area is 151 Å². The van der Waals surface area contributed by atoms with Gasteiger partial charge in [-0.15, -0.1) is 12.8 Å². The van der Waals surface area contributed by atoms with Gasteiger partial charge in [0.25, 0.3) is 0 Å². The summed E-state index contributed by atoms with van der Waals surface area (Å²) in [6.45, 7) is 2.32. The Morgan fingerprint density at radius 1 is 1.16 bits per heavy atom. The number of hydrogen-bond donors (Lipinski definition) is 0. The molecule has 0 fully saturated rings. The Morgan fingerprint density at radius 3 is 2.32 bits per heavy atom. The second kappa shape index (κ2) is 10.3. The minimum atomic E-state index is -0.675. The van der Waals surface area contributed by atoms with Gasteiger partial charge in [-0.3, -0.25) is 4.99 Å². The molecule has 0 radical (unpaired) electrons. The number of aliphatic imine (C=N–C) groups is 1. The van der Waals surface area contributed by atoms with Crippen molar-refractivity contribution in [2.24, 2.45) is 4.99 Å². The normalized spacial score (nSPS) is 11.5. The number of halogens is 3. The van der Waals surface area contributed by atoms with Crippen LogP contribution in [0.15, 0.2) is 47.5 Å². The zero-order valence-corrected chi connectivity index (χ0v) is 14.7. The zero-order chi connectivity index (χ0) is 18.8. The molecule has 0 spiro atoms. The van der Waals surface area contributed by atoms with E-state index in [0.29, 0.717) is 17.1 Å². The second-order valence-electron chi connectivity index (χ2n) is 4.72. The van der Waals surface area contributed by atoms with Crippen LogP contribution in [0.4, 0.5) is 8.78 Å². The van der Waals surface area contributed by atoms with Crippen LogP contribution in [-0.4, -0.2) is 19.6 Å².